The zero-order chi connectivity index (χ0) is 12.3. The number of fused-ring (bicyclic) bond motifs is 1. The molecular weight excluding hydrogens is 271 g/mol. The van der Waals surface area contributed by atoms with Crippen LogP contribution >= 0.6 is 12.4 Å². The van der Waals surface area contributed by atoms with Crippen LogP contribution in [0.2, 0.25) is 0 Å². The molecule has 1 N–H and O–H groups in total. The molecule has 0 bridgehead atoms. The van der Waals surface area contributed by atoms with Gasteiger partial charge in [-0.2, -0.15) is 13.2 Å². The van der Waals surface area contributed by atoms with Crippen molar-refractivity contribution in [3.8, 4) is 11.5 Å². The molecule has 0 radical (unpaired) electrons. The third-order valence-electron chi connectivity index (χ3n) is 2.26. The maximum atomic E-state index is 11.9. The number of ether oxygens (including phenoxy) is 2. The molecule has 0 atom stereocenters. The van der Waals surface area contributed by atoms with Gasteiger partial charge in [0, 0.05) is 6.54 Å². The van der Waals surface area contributed by atoms with Crippen LogP contribution in [0.15, 0.2) is 18.2 Å². The van der Waals surface area contributed by atoms with E-state index in [1.807, 2.05) is 0 Å². The molecule has 0 saturated carbocycles. The van der Waals surface area contributed by atoms with Gasteiger partial charge in [-0.25, -0.2) is 0 Å². The van der Waals surface area contributed by atoms with Gasteiger partial charge in [0.25, 0.3) is 0 Å². The van der Waals surface area contributed by atoms with Crippen molar-refractivity contribution in [3.63, 3.8) is 0 Å². The normalized spacial score (nSPS) is 13.9. The average Bonchev–Trinajstić information content (AvgIpc) is 2.27. The van der Waals surface area contributed by atoms with Crippen molar-refractivity contribution in [2.24, 2.45) is 0 Å². The molecule has 18 heavy (non-hydrogen) atoms. The van der Waals surface area contributed by atoms with E-state index in [1.54, 1.807) is 18.2 Å². The summed E-state index contributed by atoms with van der Waals surface area (Å²) < 4.78 is 46.4. The molecule has 7 heteroatoms. The van der Waals surface area contributed by atoms with Crippen molar-refractivity contribution in [2.75, 3.05) is 19.8 Å². The molecule has 102 valence electrons. The lowest BCUT2D eigenvalue weighted by Crippen LogP contribution is -2.28. The van der Waals surface area contributed by atoms with Crippen LogP contribution in [0.1, 0.15) is 5.56 Å². The van der Waals surface area contributed by atoms with Gasteiger partial charge in [0.15, 0.2) is 11.5 Å². The summed E-state index contributed by atoms with van der Waals surface area (Å²) in [5.74, 6) is 1.22. The molecule has 0 fully saturated rings. The van der Waals surface area contributed by atoms with Crippen LogP contribution in [0.25, 0.3) is 0 Å². The van der Waals surface area contributed by atoms with Gasteiger partial charge in [-0.05, 0) is 17.7 Å². The highest BCUT2D eigenvalue weighted by Gasteiger charge is 2.26. The predicted octanol–water partition coefficient (Wildman–Crippen LogP) is 2.53. The highest BCUT2D eigenvalue weighted by Crippen LogP contribution is 2.30. The van der Waals surface area contributed by atoms with Crippen LogP contribution in [0.3, 0.4) is 0 Å². The van der Waals surface area contributed by atoms with E-state index in [0.29, 0.717) is 24.7 Å². The fourth-order valence-electron chi connectivity index (χ4n) is 1.55. The minimum atomic E-state index is -4.19. The van der Waals surface area contributed by atoms with E-state index >= 15 is 0 Å². The van der Waals surface area contributed by atoms with Crippen LogP contribution in [0, 0.1) is 0 Å². The monoisotopic (exact) mass is 283 g/mol. The molecule has 1 aliphatic rings. The minimum Gasteiger partial charge on any atom is -0.486 e. The van der Waals surface area contributed by atoms with Crippen molar-refractivity contribution in [1.29, 1.82) is 0 Å². The summed E-state index contributed by atoms with van der Waals surface area (Å²) in [5, 5.41) is 2.33. The van der Waals surface area contributed by atoms with E-state index < -0.39 is 12.7 Å². The Morgan fingerprint density at radius 2 is 1.78 bits per heavy atom. The molecule has 1 aromatic rings. The number of halogens is 4. The topological polar surface area (TPSA) is 30.5 Å². The molecular formula is C11H13ClF3NO2. The van der Waals surface area contributed by atoms with Gasteiger partial charge < -0.3 is 14.8 Å². The van der Waals surface area contributed by atoms with Crippen molar-refractivity contribution >= 4 is 12.4 Å². The summed E-state index contributed by atoms with van der Waals surface area (Å²) in [5.41, 5.74) is 0.735. The molecule has 0 unspecified atom stereocenters. The Kier molecular flexibility index (Phi) is 5.10. The SMILES string of the molecule is Cl.FC(F)(F)CNCc1ccc2c(c1)OCCO2. The second-order valence-corrected chi connectivity index (χ2v) is 3.70. The van der Waals surface area contributed by atoms with Gasteiger partial charge in [-0.1, -0.05) is 6.07 Å². The molecule has 0 aliphatic carbocycles. The highest BCUT2D eigenvalue weighted by atomic mass is 35.5. The first kappa shape index (κ1) is 14.9. The van der Waals surface area contributed by atoms with Crippen LogP contribution < -0.4 is 14.8 Å². The average molecular weight is 284 g/mol. The van der Waals surface area contributed by atoms with Gasteiger partial charge in [-0.3, -0.25) is 0 Å². The molecule has 1 aromatic carbocycles. The number of hydrogen-bond acceptors (Lipinski definition) is 3. The van der Waals surface area contributed by atoms with E-state index in [4.69, 9.17) is 9.47 Å². The first-order valence-corrected chi connectivity index (χ1v) is 5.20. The quantitative estimate of drug-likeness (QED) is 0.925. The van der Waals surface area contributed by atoms with Crippen LogP contribution in [-0.2, 0) is 6.54 Å². The van der Waals surface area contributed by atoms with E-state index in [9.17, 15) is 13.2 Å². The summed E-state index contributed by atoms with van der Waals surface area (Å²) in [6, 6.07) is 5.12. The highest BCUT2D eigenvalue weighted by molar-refractivity contribution is 5.85. The molecule has 0 amide bonds. The largest absolute Gasteiger partial charge is 0.486 e. The van der Waals surface area contributed by atoms with Gasteiger partial charge in [0.1, 0.15) is 13.2 Å². The Labute approximate surface area is 109 Å². The first-order valence-electron chi connectivity index (χ1n) is 5.20. The van der Waals surface area contributed by atoms with Crippen molar-refractivity contribution in [3.05, 3.63) is 23.8 Å². The van der Waals surface area contributed by atoms with Gasteiger partial charge in [0.2, 0.25) is 0 Å². The number of nitrogens with one attached hydrogen (secondary N) is 1. The lowest BCUT2D eigenvalue weighted by Gasteiger charge is -2.19. The van der Waals surface area contributed by atoms with E-state index in [-0.39, 0.29) is 19.0 Å². The summed E-state index contributed by atoms with van der Waals surface area (Å²) in [4.78, 5) is 0. The Bertz CT molecular complexity index is 398. The lowest BCUT2D eigenvalue weighted by atomic mass is 10.2. The van der Waals surface area contributed by atoms with Crippen molar-refractivity contribution in [1.82, 2.24) is 5.32 Å². The van der Waals surface area contributed by atoms with Crippen LogP contribution in [0.4, 0.5) is 13.2 Å². The second-order valence-electron chi connectivity index (χ2n) is 3.70. The number of alkyl halides is 3. The summed E-state index contributed by atoms with van der Waals surface area (Å²) in [6.45, 7) is 0.114. The number of benzene rings is 1. The van der Waals surface area contributed by atoms with E-state index in [1.165, 1.54) is 0 Å². The maximum absolute atomic E-state index is 11.9. The first-order chi connectivity index (χ1) is 8.04. The molecule has 1 heterocycles. The Morgan fingerprint density at radius 1 is 1.11 bits per heavy atom. The van der Waals surface area contributed by atoms with E-state index in [0.717, 1.165) is 5.56 Å². The molecule has 0 spiro atoms. The molecule has 0 saturated heterocycles. The standard InChI is InChI=1S/C11H12F3NO2.ClH/c12-11(13,14)7-15-6-8-1-2-9-10(5-8)17-4-3-16-9;/h1-2,5,15H,3-4,6-7H2;1H. The third kappa shape index (κ3) is 4.27. The maximum Gasteiger partial charge on any atom is 0.401 e. The van der Waals surface area contributed by atoms with Gasteiger partial charge in [-0.15, -0.1) is 12.4 Å². The number of rotatable bonds is 3. The van der Waals surface area contributed by atoms with Crippen molar-refractivity contribution in [2.45, 2.75) is 12.7 Å². The lowest BCUT2D eigenvalue weighted by molar-refractivity contribution is -0.125. The molecule has 2 rings (SSSR count). The van der Waals surface area contributed by atoms with Gasteiger partial charge >= 0.3 is 6.18 Å². The zero-order valence-corrected chi connectivity index (χ0v) is 10.2. The fourth-order valence-corrected chi connectivity index (χ4v) is 1.55. The Morgan fingerprint density at radius 3 is 2.44 bits per heavy atom. The third-order valence-corrected chi connectivity index (χ3v) is 2.26. The van der Waals surface area contributed by atoms with Crippen molar-refractivity contribution < 1.29 is 22.6 Å². The Hall–Kier alpha value is -1.14. The molecule has 0 aromatic heterocycles. The predicted molar refractivity (Wildman–Crippen MR) is 62.4 cm³/mol. The second kappa shape index (κ2) is 6.15. The summed E-state index contributed by atoms with van der Waals surface area (Å²) in [7, 11) is 0. The minimum absolute atomic E-state index is 0. The summed E-state index contributed by atoms with van der Waals surface area (Å²) in [6.07, 6.45) is -4.19. The number of hydrogen-bond donors (Lipinski definition) is 1. The smallest absolute Gasteiger partial charge is 0.401 e. The molecule has 3 nitrogen and oxygen atoms in total. The van der Waals surface area contributed by atoms with Crippen LogP contribution in [-0.4, -0.2) is 25.9 Å². The fraction of sp³-hybridized carbons (Fsp3) is 0.455. The zero-order valence-electron chi connectivity index (χ0n) is 9.42. The Balaban J connectivity index is 0.00000162. The van der Waals surface area contributed by atoms with Crippen LogP contribution in [0.5, 0.6) is 11.5 Å². The molecule has 1 aliphatic heterocycles. The van der Waals surface area contributed by atoms with Gasteiger partial charge in [0.05, 0.1) is 6.54 Å². The van der Waals surface area contributed by atoms with E-state index in [2.05, 4.69) is 5.32 Å². The summed E-state index contributed by atoms with van der Waals surface area (Å²) >= 11 is 0.